The van der Waals surface area contributed by atoms with Crippen LogP contribution in [0, 0.1) is 11.8 Å². The van der Waals surface area contributed by atoms with Crippen molar-refractivity contribution in [2.45, 2.75) is 63.7 Å². The molecule has 1 amide bonds. The first-order valence-corrected chi connectivity index (χ1v) is 17.3. The second kappa shape index (κ2) is 13.4. The second-order valence-corrected chi connectivity index (χ2v) is 13.7. The zero-order chi connectivity index (χ0) is 33.5. The van der Waals surface area contributed by atoms with E-state index in [0.29, 0.717) is 24.0 Å². The molecule has 1 aliphatic carbocycles. The fraction of sp³-hybridized carbons (Fsp3) is 0.560. The summed E-state index contributed by atoms with van der Waals surface area (Å²) in [6.45, 7) is 2.69. The Morgan fingerprint density at radius 1 is 1.17 bits per heavy atom. The van der Waals surface area contributed by atoms with Gasteiger partial charge >= 0.3 is 18.6 Å². The van der Waals surface area contributed by atoms with Crippen molar-refractivity contribution in [1.29, 1.82) is 0 Å². The highest BCUT2D eigenvalue weighted by molar-refractivity contribution is 7.84. The van der Waals surface area contributed by atoms with E-state index in [1.807, 2.05) is 0 Å². The molecular formula is C25H33N10O10PS. The lowest BCUT2D eigenvalue weighted by Gasteiger charge is -2.22. The van der Waals surface area contributed by atoms with Crippen molar-refractivity contribution < 1.29 is 41.2 Å². The van der Waals surface area contributed by atoms with Crippen molar-refractivity contribution in [1.82, 2.24) is 43.8 Å². The number of hydrogen-bond acceptors (Lipinski definition) is 14. The van der Waals surface area contributed by atoms with Gasteiger partial charge in [0.05, 0.1) is 37.7 Å². The molecule has 1 unspecified atom stereocenters. The highest BCUT2D eigenvalue weighted by Crippen LogP contribution is 2.41. The third-order valence-corrected chi connectivity index (χ3v) is 9.61. The highest BCUT2D eigenvalue weighted by atomic mass is 32.2. The van der Waals surface area contributed by atoms with Crippen molar-refractivity contribution in [3.05, 3.63) is 35.5 Å². The molecule has 4 aromatic rings. The number of amides is 1. The minimum Gasteiger partial charge on any atom is -0.394 e. The Hall–Kier alpha value is -3.69. The molecule has 0 aromatic carbocycles. The predicted octanol–water partition coefficient (Wildman–Crippen LogP) is -0.228. The summed E-state index contributed by atoms with van der Waals surface area (Å²) in [7, 11) is -7.82. The fourth-order valence-electron chi connectivity index (χ4n) is 5.83. The largest absolute Gasteiger partial charge is 0.394 e. The van der Waals surface area contributed by atoms with Gasteiger partial charge in [0.25, 0.3) is 5.56 Å². The molecule has 0 radical (unpaired) electrons. The van der Waals surface area contributed by atoms with Gasteiger partial charge in [0.1, 0.15) is 17.9 Å². The van der Waals surface area contributed by atoms with Crippen LogP contribution in [0.15, 0.2) is 30.0 Å². The lowest BCUT2D eigenvalue weighted by molar-refractivity contribution is -0.118. The first-order valence-electron chi connectivity index (χ1n) is 14.7. The van der Waals surface area contributed by atoms with E-state index in [1.54, 1.807) is 30.9 Å². The Bertz CT molecular complexity index is 1970. The van der Waals surface area contributed by atoms with E-state index < -0.39 is 73.0 Å². The Morgan fingerprint density at radius 2 is 1.96 bits per heavy atom. The molecule has 1 saturated heterocycles. The van der Waals surface area contributed by atoms with Crippen LogP contribution < -0.4 is 15.6 Å². The summed E-state index contributed by atoms with van der Waals surface area (Å²) < 4.78 is 60.3. The molecule has 7 atom stereocenters. The molecule has 0 spiro atoms. The van der Waals surface area contributed by atoms with Crippen molar-refractivity contribution in [2.24, 2.45) is 11.8 Å². The van der Waals surface area contributed by atoms with Gasteiger partial charge in [0.2, 0.25) is 11.9 Å². The molecule has 5 N–H and O–H groups in total. The van der Waals surface area contributed by atoms with Crippen LogP contribution in [0.4, 0.5) is 5.95 Å². The average Bonchev–Trinajstić information content (AvgIpc) is 3.80. The number of rotatable bonds is 12. The highest BCUT2D eigenvalue weighted by Gasteiger charge is 2.42. The number of aliphatic hydroxyl groups is 1. The molecule has 254 valence electrons. The topological polar surface area (TPSA) is 268 Å². The molecule has 20 nitrogen and oxygen atoms in total. The van der Waals surface area contributed by atoms with Crippen LogP contribution in [0.2, 0.25) is 0 Å². The molecule has 22 heteroatoms. The van der Waals surface area contributed by atoms with Crippen molar-refractivity contribution in [3.63, 3.8) is 0 Å². The number of ether oxygens (including phenoxy) is 1. The summed E-state index contributed by atoms with van der Waals surface area (Å²) in [5.74, 6) is -1.45. The number of nitrogens with one attached hydrogen (secondary N) is 3. The summed E-state index contributed by atoms with van der Waals surface area (Å²) in [4.78, 5) is 57.7. The smallest absolute Gasteiger partial charge is 0.336 e. The monoisotopic (exact) mass is 696 g/mol. The number of carbonyl (C=O) groups excluding carboxylic acids is 1. The number of anilines is 1. The number of H-pyrrole nitrogens is 1. The Kier molecular flexibility index (Phi) is 9.50. The third kappa shape index (κ3) is 7.11. The van der Waals surface area contributed by atoms with Crippen LogP contribution in [0.1, 0.15) is 45.4 Å². The van der Waals surface area contributed by atoms with E-state index in [1.165, 1.54) is 17.2 Å². The molecular weight excluding hydrogens is 663 g/mol. The van der Waals surface area contributed by atoms with Gasteiger partial charge in [-0.3, -0.25) is 29.0 Å². The van der Waals surface area contributed by atoms with Crippen molar-refractivity contribution in [2.75, 3.05) is 18.5 Å². The number of nitrogens with zero attached hydrogens (tertiary/aromatic N) is 7. The number of aromatic nitrogens is 8. The summed E-state index contributed by atoms with van der Waals surface area (Å²) in [5.41, 5.74) is 0.377. The van der Waals surface area contributed by atoms with Gasteiger partial charge in [-0.05, 0) is 12.8 Å². The third-order valence-electron chi connectivity index (χ3n) is 8.08. The zero-order valence-electron chi connectivity index (χ0n) is 25.1. The summed E-state index contributed by atoms with van der Waals surface area (Å²) in [5, 5.41) is 12.3. The first kappa shape index (κ1) is 33.2. The van der Waals surface area contributed by atoms with Crippen LogP contribution in [0.5, 0.6) is 0 Å². The van der Waals surface area contributed by atoms with E-state index >= 15 is 0 Å². The number of carbonyl (C=O) groups is 1. The van der Waals surface area contributed by atoms with Crippen LogP contribution in [-0.4, -0.2) is 94.8 Å². The van der Waals surface area contributed by atoms with Gasteiger partial charge < -0.3 is 23.8 Å². The van der Waals surface area contributed by atoms with E-state index in [0.717, 1.165) is 0 Å². The summed E-state index contributed by atoms with van der Waals surface area (Å²) in [6, 6.07) is -0.255. The van der Waals surface area contributed by atoms with Crippen LogP contribution in [-0.2, 0) is 33.1 Å². The molecule has 6 rings (SSSR count). The SMILES string of the molecule is CC(C)C(=O)Nc1nc2c(ncn2[C@@H]2O[C@H](CO)C[C@H]2OS(=O)(=O)NC[C@H]2C[C@@H](n3cnc4cncnc43)C[C@@H]2O[PH](=O)O)c(=O)[nH]1. The number of hydrogen-bond donors (Lipinski definition) is 5. The number of fused-ring (bicyclic) bond motifs is 2. The maximum absolute atomic E-state index is 13.3. The van der Waals surface area contributed by atoms with E-state index in [-0.39, 0.29) is 36.1 Å². The van der Waals surface area contributed by atoms with Gasteiger partial charge in [-0.15, -0.1) is 0 Å². The van der Waals surface area contributed by atoms with E-state index in [9.17, 15) is 32.6 Å². The van der Waals surface area contributed by atoms with Crippen molar-refractivity contribution in [3.8, 4) is 0 Å². The fourth-order valence-corrected chi connectivity index (χ4v) is 7.36. The Balaban J connectivity index is 1.19. The maximum atomic E-state index is 13.3. The molecule has 47 heavy (non-hydrogen) atoms. The number of aromatic amines is 1. The zero-order valence-corrected chi connectivity index (χ0v) is 26.9. The van der Waals surface area contributed by atoms with Crippen LogP contribution in [0.3, 0.4) is 0 Å². The van der Waals surface area contributed by atoms with Gasteiger partial charge in [-0.2, -0.15) is 18.1 Å². The van der Waals surface area contributed by atoms with Gasteiger partial charge in [0.15, 0.2) is 23.0 Å². The Morgan fingerprint density at radius 3 is 2.70 bits per heavy atom. The average molecular weight is 697 g/mol. The normalized spacial score (nSPS) is 25.6. The van der Waals surface area contributed by atoms with Crippen LogP contribution >= 0.6 is 8.25 Å². The lowest BCUT2D eigenvalue weighted by atomic mass is 10.1. The molecule has 4 aromatic heterocycles. The van der Waals surface area contributed by atoms with E-state index in [2.05, 4.69) is 39.9 Å². The maximum Gasteiger partial charge on any atom is 0.336 e. The Labute approximate surface area is 267 Å². The minimum atomic E-state index is -4.48. The molecule has 1 aliphatic heterocycles. The quantitative estimate of drug-likeness (QED) is 0.120. The number of imidazole rings is 2. The molecule has 0 bridgehead atoms. The van der Waals surface area contributed by atoms with Gasteiger partial charge in [-0.25, -0.2) is 24.1 Å². The molecule has 5 heterocycles. The lowest BCUT2D eigenvalue weighted by Crippen LogP contribution is -2.37. The van der Waals surface area contributed by atoms with Gasteiger partial charge in [-0.1, -0.05) is 13.8 Å². The van der Waals surface area contributed by atoms with Crippen LogP contribution in [0.25, 0.3) is 22.3 Å². The first-order chi connectivity index (χ1) is 22.4. The van der Waals surface area contributed by atoms with E-state index in [4.69, 9.17) is 13.4 Å². The van der Waals surface area contributed by atoms with Gasteiger partial charge in [0, 0.05) is 30.8 Å². The molecule has 1 saturated carbocycles. The molecule has 2 aliphatic rings. The number of aliphatic hydroxyl groups excluding tert-OH is 1. The predicted molar refractivity (Wildman–Crippen MR) is 162 cm³/mol. The molecule has 2 fully saturated rings. The standard InChI is InChI=1S/C25H33N10O10PS/c1-12(2)22(37)32-25-31-21-19(23(38)33-25)29-11-35(21)24-18(5-15(8-36)43-24)45-47(41,42)30-6-13-3-14(4-17(13)44-46(39)40)34-10-28-16-7-26-9-27-20(16)34/h7,9-15,17-18,24,30,36,46H,3-6,8H2,1-2H3,(H,39,40)(H2,31,32,33,37,38)/t13-,14-,15+,17+,18-,24-/m1/s1. The van der Waals surface area contributed by atoms with Crippen molar-refractivity contribution >= 4 is 52.7 Å². The second-order valence-electron chi connectivity index (χ2n) is 11.6. The minimum absolute atomic E-state index is 0.0103. The summed E-state index contributed by atoms with van der Waals surface area (Å²) >= 11 is 0. The summed E-state index contributed by atoms with van der Waals surface area (Å²) in [6.07, 6.45) is 2.44.